The number of non-ortho nitro benzene ring substituents is 1. The molecule has 0 saturated heterocycles. The van der Waals surface area contributed by atoms with Crippen LogP contribution in [0.15, 0.2) is 39.5 Å². The fraction of sp³-hybridized carbons (Fsp3) is 0.222. The minimum atomic E-state index is -0.624. The van der Waals surface area contributed by atoms with Crippen LogP contribution in [-0.2, 0) is 6.54 Å². The zero-order chi connectivity index (χ0) is 20.4. The van der Waals surface area contributed by atoms with Crippen molar-refractivity contribution in [3.63, 3.8) is 0 Å². The number of nitro groups is 1. The fourth-order valence-electron chi connectivity index (χ4n) is 2.72. The van der Waals surface area contributed by atoms with Crippen LogP contribution in [0.25, 0.3) is 11.1 Å². The molecule has 0 radical (unpaired) electrons. The van der Waals surface area contributed by atoms with Crippen LogP contribution >= 0.6 is 23.2 Å². The predicted molar refractivity (Wildman–Crippen MR) is 104 cm³/mol. The highest BCUT2D eigenvalue weighted by atomic mass is 35.5. The molecule has 0 N–H and O–H groups in total. The molecular formula is C18H14Cl2N2O6. The highest BCUT2D eigenvalue weighted by molar-refractivity contribution is 6.43. The first-order valence-corrected chi connectivity index (χ1v) is 8.94. The van der Waals surface area contributed by atoms with Crippen LogP contribution in [0.1, 0.15) is 23.7 Å². The summed E-state index contributed by atoms with van der Waals surface area (Å²) in [5, 5.41) is 11.3. The number of fused-ring (bicyclic) bond motifs is 1. The van der Waals surface area contributed by atoms with Crippen molar-refractivity contribution in [2.75, 3.05) is 6.61 Å². The Morgan fingerprint density at radius 1 is 1.29 bits per heavy atom. The molecule has 0 bridgehead atoms. The lowest BCUT2D eigenvalue weighted by Crippen LogP contribution is -2.16. The summed E-state index contributed by atoms with van der Waals surface area (Å²) in [5.74, 6) is -0.666. The molecule has 0 unspecified atom stereocenters. The van der Waals surface area contributed by atoms with Crippen molar-refractivity contribution in [2.24, 2.45) is 0 Å². The number of aromatic nitrogens is 1. The molecule has 0 fully saturated rings. The Balaban J connectivity index is 1.76. The largest absolute Gasteiger partial charge is 0.491 e. The maximum absolute atomic E-state index is 12.0. The molecule has 28 heavy (non-hydrogen) atoms. The fourth-order valence-corrected chi connectivity index (χ4v) is 3.09. The molecular weight excluding hydrogens is 411 g/mol. The van der Waals surface area contributed by atoms with E-state index in [0.717, 1.165) is 0 Å². The Bertz CT molecular complexity index is 1140. The number of hydrogen-bond donors (Lipinski definition) is 0. The van der Waals surface area contributed by atoms with E-state index in [1.165, 1.54) is 41.8 Å². The number of ketones is 1. The molecule has 8 nitrogen and oxygen atoms in total. The van der Waals surface area contributed by atoms with Crippen LogP contribution in [0.2, 0.25) is 10.0 Å². The van der Waals surface area contributed by atoms with E-state index in [1.54, 1.807) is 0 Å². The Kier molecular flexibility index (Phi) is 5.71. The maximum atomic E-state index is 12.0. The second-order valence-corrected chi connectivity index (χ2v) is 6.71. The summed E-state index contributed by atoms with van der Waals surface area (Å²) in [4.78, 5) is 34.2. The van der Waals surface area contributed by atoms with Gasteiger partial charge in [-0.25, -0.2) is 4.79 Å². The summed E-state index contributed by atoms with van der Waals surface area (Å²) in [7, 11) is 0. The minimum absolute atomic E-state index is 0.133. The summed E-state index contributed by atoms with van der Waals surface area (Å²) in [6.45, 7) is 1.71. The van der Waals surface area contributed by atoms with E-state index in [9.17, 15) is 19.7 Å². The second kappa shape index (κ2) is 8.04. The number of rotatable bonds is 7. The normalized spacial score (nSPS) is 11.0. The van der Waals surface area contributed by atoms with Gasteiger partial charge in [-0.15, -0.1) is 0 Å². The number of carbonyl (C=O) groups is 1. The van der Waals surface area contributed by atoms with Gasteiger partial charge in [0, 0.05) is 18.7 Å². The molecule has 3 aromatic rings. The molecule has 3 rings (SSSR count). The van der Waals surface area contributed by atoms with Crippen molar-refractivity contribution in [2.45, 2.75) is 19.9 Å². The number of carbonyl (C=O) groups excluding carboxylic acids is 1. The third kappa shape index (κ3) is 3.88. The van der Waals surface area contributed by atoms with Gasteiger partial charge in [-0.3, -0.25) is 19.5 Å². The number of hydrogen-bond acceptors (Lipinski definition) is 6. The highest BCUT2D eigenvalue weighted by Crippen LogP contribution is 2.35. The van der Waals surface area contributed by atoms with Gasteiger partial charge in [0.25, 0.3) is 5.69 Å². The standard InChI is InChI=1S/C18H14Cl2N2O6/c1-10(23)12-4-5-13(19)16(20)17(12)27-8-2-7-21-14-9-11(22(25)26)3-6-15(14)28-18(21)24/h3-6,9H,2,7-8H2,1H3. The monoisotopic (exact) mass is 424 g/mol. The van der Waals surface area contributed by atoms with Gasteiger partial charge in [-0.2, -0.15) is 0 Å². The zero-order valence-electron chi connectivity index (χ0n) is 14.6. The molecule has 0 saturated carbocycles. The van der Waals surface area contributed by atoms with Gasteiger partial charge in [-0.05, 0) is 31.5 Å². The lowest BCUT2D eigenvalue weighted by Gasteiger charge is -2.12. The molecule has 0 aliphatic heterocycles. The van der Waals surface area contributed by atoms with E-state index in [4.69, 9.17) is 32.4 Å². The van der Waals surface area contributed by atoms with Crippen molar-refractivity contribution in [3.8, 4) is 5.75 Å². The second-order valence-electron chi connectivity index (χ2n) is 5.92. The van der Waals surface area contributed by atoms with Gasteiger partial charge in [0.15, 0.2) is 11.4 Å². The quantitative estimate of drug-likeness (QED) is 0.239. The topological polar surface area (TPSA) is 105 Å². The summed E-state index contributed by atoms with van der Waals surface area (Å²) in [6.07, 6.45) is 0.359. The average molecular weight is 425 g/mol. The first kappa shape index (κ1) is 19.9. The van der Waals surface area contributed by atoms with Gasteiger partial charge in [0.2, 0.25) is 0 Å². The SMILES string of the molecule is CC(=O)c1ccc(Cl)c(Cl)c1OCCCn1c(=O)oc2ccc([N+](=O)[O-])cc21. The molecule has 146 valence electrons. The Labute approximate surface area is 168 Å². The highest BCUT2D eigenvalue weighted by Gasteiger charge is 2.17. The van der Waals surface area contributed by atoms with Crippen molar-refractivity contribution in [1.82, 2.24) is 4.57 Å². The van der Waals surface area contributed by atoms with E-state index in [2.05, 4.69) is 0 Å². The number of benzene rings is 2. The molecule has 1 aromatic heterocycles. The van der Waals surface area contributed by atoms with Crippen molar-refractivity contribution < 1.29 is 18.9 Å². The average Bonchev–Trinajstić information content (AvgIpc) is 2.96. The number of halogens is 2. The first-order chi connectivity index (χ1) is 13.3. The van der Waals surface area contributed by atoms with Crippen LogP contribution in [0.3, 0.4) is 0 Å². The first-order valence-electron chi connectivity index (χ1n) is 8.19. The molecule has 0 aliphatic rings. The number of Topliss-reactive ketones (excluding diaryl/α,β-unsaturated/α-hetero) is 1. The summed E-state index contributed by atoms with van der Waals surface area (Å²) in [5.41, 5.74) is 0.740. The molecule has 0 amide bonds. The Hall–Kier alpha value is -2.84. The number of nitro benzene ring substituents is 1. The maximum Gasteiger partial charge on any atom is 0.419 e. The van der Waals surface area contributed by atoms with Crippen LogP contribution in [0.4, 0.5) is 5.69 Å². The van der Waals surface area contributed by atoms with Crippen LogP contribution in [-0.4, -0.2) is 21.9 Å². The molecule has 1 heterocycles. The number of ether oxygens (including phenoxy) is 1. The van der Waals surface area contributed by atoms with E-state index < -0.39 is 10.7 Å². The molecule has 0 aliphatic carbocycles. The van der Waals surface area contributed by atoms with Crippen molar-refractivity contribution in [3.05, 3.63) is 66.6 Å². The lowest BCUT2D eigenvalue weighted by atomic mass is 10.1. The van der Waals surface area contributed by atoms with Crippen molar-refractivity contribution >= 4 is 45.8 Å². The number of aryl methyl sites for hydroxylation is 1. The van der Waals surface area contributed by atoms with Crippen LogP contribution < -0.4 is 10.5 Å². The Morgan fingerprint density at radius 2 is 2.04 bits per heavy atom. The smallest absolute Gasteiger partial charge is 0.419 e. The third-order valence-electron chi connectivity index (χ3n) is 4.06. The lowest BCUT2D eigenvalue weighted by molar-refractivity contribution is -0.384. The summed E-state index contributed by atoms with van der Waals surface area (Å²) in [6, 6.07) is 6.97. The Morgan fingerprint density at radius 3 is 2.71 bits per heavy atom. The summed E-state index contributed by atoms with van der Waals surface area (Å²) >= 11 is 12.1. The molecule has 0 spiro atoms. The molecule has 10 heteroatoms. The third-order valence-corrected chi connectivity index (χ3v) is 4.85. The van der Waals surface area contributed by atoms with E-state index in [-0.39, 0.29) is 46.0 Å². The van der Waals surface area contributed by atoms with E-state index >= 15 is 0 Å². The van der Waals surface area contributed by atoms with Gasteiger partial charge in [0.05, 0.1) is 27.6 Å². The molecule has 0 atom stereocenters. The van der Waals surface area contributed by atoms with Gasteiger partial charge in [-0.1, -0.05) is 23.2 Å². The number of oxazole rings is 1. The van der Waals surface area contributed by atoms with E-state index in [0.29, 0.717) is 17.5 Å². The minimum Gasteiger partial charge on any atom is -0.491 e. The van der Waals surface area contributed by atoms with E-state index in [1.807, 2.05) is 0 Å². The van der Waals surface area contributed by atoms with Crippen molar-refractivity contribution in [1.29, 1.82) is 0 Å². The van der Waals surface area contributed by atoms with Crippen LogP contribution in [0, 0.1) is 10.1 Å². The van der Waals surface area contributed by atoms with Gasteiger partial charge < -0.3 is 9.15 Å². The predicted octanol–water partition coefficient (Wildman–Crippen LogP) is 4.48. The van der Waals surface area contributed by atoms with Gasteiger partial charge >= 0.3 is 5.76 Å². The zero-order valence-corrected chi connectivity index (χ0v) is 16.1. The number of nitrogens with zero attached hydrogens (tertiary/aromatic N) is 2. The molecule has 2 aromatic carbocycles. The van der Waals surface area contributed by atoms with Gasteiger partial charge in [0.1, 0.15) is 10.8 Å². The summed E-state index contributed by atoms with van der Waals surface area (Å²) < 4.78 is 12.0. The van der Waals surface area contributed by atoms with Crippen LogP contribution in [0.5, 0.6) is 5.75 Å².